The van der Waals surface area contributed by atoms with Crippen LogP contribution in [0, 0.1) is 5.92 Å². The summed E-state index contributed by atoms with van der Waals surface area (Å²) in [5.41, 5.74) is 5.02. The number of nitrogens with two attached hydrogens (primary N) is 1. The highest BCUT2D eigenvalue weighted by atomic mass is 19.4. The number of carbonyl (C=O) groups excluding carboxylic acids is 1. The van der Waals surface area contributed by atoms with Gasteiger partial charge in [-0.05, 0) is 19.3 Å². The Hall–Kier alpha value is -0.780. The highest BCUT2D eigenvalue weighted by Gasteiger charge is 2.36. The van der Waals surface area contributed by atoms with Crippen LogP contribution in [-0.2, 0) is 9.53 Å². The van der Waals surface area contributed by atoms with Crippen LogP contribution < -0.4 is 5.73 Å². The van der Waals surface area contributed by atoms with Crippen molar-refractivity contribution in [3.8, 4) is 0 Å². The van der Waals surface area contributed by atoms with Crippen LogP contribution in [-0.4, -0.2) is 18.4 Å². The van der Waals surface area contributed by atoms with E-state index in [9.17, 15) is 18.0 Å². The van der Waals surface area contributed by atoms with Gasteiger partial charge in [0.2, 0.25) is 5.91 Å². The lowest BCUT2D eigenvalue weighted by Crippen LogP contribution is -2.34. The maximum atomic E-state index is 11.8. The molecule has 1 rings (SSSR count). The van der Waals surface area contributed by atoms with Crippen LogP contribution in [0.15, 0.2) is 0 Å². The molecule has 0 aromatic heterocycles. The van der Waals surface area contributed by atoms with Crippen molar-refractivity contribution >= 4 is 5.91 Å². The number of hydrogen-bond donors (Lipinski definition) is 1. The molecule has 0 spiro atoms. The van der Waals surface area contributed by atoms with E-state index in [1.165, 1.54) is 0 Å². The molecule has 0 radical (unpaired) electrons. The van der Waals surface area contributed by atoms with E-state index in [0.29, 0.717) is 19.3 Å². The Bertz CT molecular complexity index is 217. The minimum atomic E-state index is -4.62. The number of ether oxygens (including phenoxy) is 1. The molecule has 0 bridgehead atoms. The van der Waals surface area contributed by atoms with Crippen LogP contribution in [0.4, 0.5) is 13.2 Å². The molecule has 0 aromatic rings. The van der Waals surface area contributed by atoms with E-state index in [1.807, 2.05) is 0 Å². The first kappa shape index (κ1) is 11.3. The van der Waals surface area contributed by atoms with Crippen molar-refractivity contribution in [1.29, 1.82) is 0 Å². The maximum Gasteiger partial charge on any atom is 0.522 e. The minimum absolute atomic E-state index is 0.0782. The second kappa shape index (κ2) is 4.16. The number of primary amides is 1. The fourth-order valence-electron chi connectivity index (χ4n) is 1.70. The van der Waals surface area contributed by atoms with E-state index in [-0.39, 0.29) is 6.42 Å². The SMILES string of the molecule is NC(=O)[C@@H]1CCC[C@@H](OC(F)(F)F)C1. The molecule has 0 unspecified atom stereocenters. The molecule has 0 aromatic carbocycles. The molecule has 0 aliphatic heterocycles. The van der Waals surface area contributed by atoms with Gasteiger partial charge in [0.15, 0.2) is 0 Å². The molecule has 1 saturated carbocycles. The average Bonchev–Trinajstić information content (AvgIpc) is 2.01. The molecule has 82 valence electrons. The topological polar surface area (TPSA) is 52.3 Å². The summed E-state index contributed by atoms with van der Waals surface area (Å²) in [7, 11) is 0. The molecule has 14 heavy (non-hydrogen) atoms. The van der Waals surface area contributed by atoms with Gasteiger partial charge in [0.1, 0.15) is 0 Å². The average molecular weight is 211 g/mol. The second-order valence-corrected chi connectivity index (χ2v) is 3.45. The Kier molecular flexibility index (Phi) is 3.36. The van der Waals surface area contributed by atoms with E-state index in [0.717, 1.165) is 0 Å². The maximum absolute atomic E-state index is 11.8. The van der Waals surface area contributed by atoms with Crippen molar-refractivity contribution in [3.63, 3.8) is 0 Å². The van der Waals surface area contributed by atoms with E-state index in [4.69, 9.17) is 5.73 Å². The minimum Gasteiger partial charge on any atom is -0.369 e. The largest absolute Gasteiger partial charge is 0.522 e. The van der Waals surface area contributed by atoms with Gasteiger partial charge in [-0.25, -0.2) is 0 Å². The van der Waals surface area contributed by atoms with Gasteiger partial charge in [0, 0.05) is 5.92 Å². The molecular formula is C8H12F3NO2. The summed E-state index contributed by atoms with van der Waals surface area (Å²) < 4.78 is 39.3. The zero-order valence-electron chi connectivity index (χ0n) is 7.51. The predicted molar refractivity (Wildman–Crippen MR) is 42.1 cm³/mol. The number of hydrogen-bond acceptors (Lipinski definition) is 2. The van der Waals surface area contributed by atoms with Gasteiger partial charge in [0.05, 0.1) is 6.10 Å². The van der Waals surface area contributed by atoms with Crippen LogP contribution in [0.2, 0.25) is 0 Å². The van der Waals surface area contributed by atoms with Gasteiger partial charge in [-0.15, -0.1) is 13.2 Å². The summed E-state index contributed by atoms with van der Waals surface area (Å²) in [5.74, 6) is -1.02. The van der Waals surface area contributed by atoms with Crippen molar-refractivity contribution in [1.82, 2.24) is 0 Å². The van der Waals surface area contributed by atoms with Crippen LogP contribution in [0.25, 0.3) is 0 Å². The van der Waals surface area contributed by atoms with Gasteiger partial charge >= 0.3 is 6.36 Å². The summed E-state index contributed by atoms with van der Waals surface area (Å²) in [4.78, 5) is 10.8. The zero-order chi connectivity index (χ0) is 10.8. The Labute approximate surface area is 79.4 Å². The number of carbonyl (C=O) groups is 1. The summed E-state index contributed by atoms with van der Waals surface area (Å²) in [6.07, 6.45) is -4.01. The molecule has 2 atom stereocenters. The summed E-state index contributed by atoms with van der Waals surface area (Å²) in [6, 6.07) is 0. The van der Waals surface area contributed by atoms with Gasteiger partial charge < -0.3 is 5.73 Å². The van der Waals surface area contributed by atoms with Gasteiger partial charge in [0.25, 0.3) is 0 Å². The quantitative estimate of drug-likeness (QED) is 0.753. The first-order valence-electron chi connectivity index (χ1n) is 4.42. The number of amides is 1. The summed E-state index contributed by atoms with van der Waals surface area (Å²) in [5, 5.41) is 0. The van der Waals surface area contributed by atoms with Crippen LogP contribution in [0.1, 0.15) is 25.7 Å². The van der Waals surface area contributed by atoms with Gasteiger partial charge in [-0.2, -0.15) is 0 Å². The fourth-order valence-corrected chi connectivity index (χ4v) is 1.70. The Balaban J connectivity index is 2.44. The number of alkyl halides is 3. The highest BCUT2D eigenvalue weighted by molar-refractivity contribution is 5.76. The summed E-state index contributed by atoms with van der Waals surface area (Å²) >= 11 is 0. The van der Waals surface area contributed by atoms with Gasteiger partial charge in [-0.3, -0.25) is 9.53 Å². The van der Waals surface area contributed by atoms with Crippen molar-refractivity contribution in [2.75, 3.05) is 0 Å². The fraction of sp³-hybridized carbons (Fsp3) is 0.875. The third-order valence-corrected chi connectivity index (χ3v) is 2.33. The lowest BCUT2D eigenvalue weighted by atomic mass is 9.87. The first-order valence-corrected chi connectivity index (χ1v) is 4.42. The second-order valence-electron chi connectivity index (χ2n) is 3.45. The molecule has 0 saturated heterocycles. The number of halogens is 3. The van der Waals surface area contributed by atoms with E-state index in [2.05, 4.69) is 4.74 Å². The Morgan fingerprint density at radius 2 is 2.00 bits per heavy atom. The van der Waals surface area contributed by atoms with Crippen molar-refractivity contribution in [3.05, 3.63) is 0 Å². The molecule has 6 heteroatoms. The lowest BCUT2D eigenvalue weighted by molar-refractivity contribution is -0.346. The van der Waals surface area contributed by atoms with Crippen LogP contribution in [0.3, 0.4) is 0 Å². The highest BCUT2D eigenvalue weighted by Crippen LogP contribution is 2.30. The molecule has 1 aliphatic carbocycles. The third kappa shape index (κ3) is 3.53. The van der Waals surface area contributed by atoms with Crippen molar-refractivity contribution in [2.45, 2.75) is 38.1 Å². The van der Waals surface area contributed by atoms with Crippen LogP contribution in [0.5, 0.6) is 0 Å². The first-order chi connectivity index (χ1) is 6.38. The predicted octanol–water partition coefficient (Wildman–Crippen LogP) is 1.57. The van der Waals surface area contributed by atoms with Crippen molar-refractivity contribution < 1.29 is 22.7 Å². The van der Waals surface area contributed by atoms with Crippen LogP contribution >= 0.6 is 0 Å². The summed E-state index contributed by atoms with van der Waals surface area (Å²) in [6.45, 7) is 0. The standard InChI is InChI=1S/C8H12F3NO2/c9-8(10,11)14-6-3-1-2-5(4-6)7(12)13/h5-6H,1-4H2,(H2,12,13)/t5-,6-/m1/s1. The lowest BCUT2D eigenvalue weighted by Gasteiger charge is -2.27. The Morgan fingerprint density at radius 3 is 2.50 bits per heavy atom. The molecular weight excluding hydrogens is 199 g/mol. The normalized spacial score (nSPS) is 28.8. The van der Waals surface area contributed by atoms with E-state index < -0.39 is 24.3 Å². The van der Waals surface area contributed by atoms with E-state index in [1.54, 1.807) is 0 Å². The molecule has 2 N–H and O–H groups in total. The molecule has 1 aliphatic rings. The monoisotopic (exact) mass is 211 g/mol. The van der Waals surface area contributed by atoms with E-state index >= 15 is 0 Å². The molecule has 1 amide bonds. The number of rotatable bonds is 2. The van der Waals surface area contributed by atoms with Crippen molar-refractivity contribution in [2.24, 2.45) is 11.7 Å². The molecule has 0 heterocycles. The Morgan fingerprint density at radius 1 is 1.36 bits per heavy atom. The van der Waals surface area contributed by atoms with Gasteiger partial charge in [-0.1, -0.05) is 6.42 Å². The smallest absolute Gasteiger partial charge is 0.369 e. The molecule has 3 nitrogen and oxygen atoms in total. The molecule has 1 fully saturated rings. The zero-order valence-corrected chi connectivity index (χ0v) is 7.51. The third-order valence-electron chi connectivity index (χ3n) is 2.33.